The van der Waals surface area contributed by atoms with Gasteiger partial charge in [0, 0.05) is 23.3 Å². The minimum absolute atomic E-state index is 0.0289. The highest BCUT2D eigenvalue weighted by Crippen LogP contribution is 2.37. The molecule has 0 N–H and O–H groups in total. The van der Waals surface area contributed by atoms with Crippen molar-refractivity contribution >= 4 is 12.6 Å². The average molecular weight is 241 g/mol. The van der Waals surface area contributed by atoms with Crippen LogP contribution in [-0.4, -0.2) is 28.1 Å². The van der Waals surface area contributed by atoms with Crippen LogP contribution in [0.2, 0.25) is 0 Å². The Labute approximate surface area is 112 Å². The van der Waals surface area contributed by atoms with Crippen molar-refractivity contribution < 1.29 is 18.9 Å². The Bertz CT molecular complexity index is 689. The Morgan fingerprint density at radius 2 is 2.06 bits per heavy atom. The van der Waals surface area contributed by atoms with E-state index in [9.17, 15) is 0 Å². The molecule has 0 spiro atoms. The van der Waals surface area contributed by atoms with Crippen LogP contribution < -0.4 is 5.46 Å². The van der Waals surface area contributed by atoms with Gasteiger partial charge >= 0.3 is 7.12 Å². The highest BCUT2D eigenvalue weighted by atomic mass is 16.7. The standard InChI is InChI=1S/C12H19BN2O2/c1-11(2)12(3,4)17-13(16-11)9-7-14-15(8-9)10-5-6-10/h7-8,10H,5-6H2,1-4H3/i5D2,6D2,7D,8D,10D. The summed E-state index contributed by atoms with van der Waals surface area (Å²) in [5, 5.41) is 3.74. The van der Waals surface area contributed by atoms with E-state index in [1.165, 1.54) is 0 Å². The van der Waals surface area contributed by atoms with Crippen LogP contribution in [0.25, 0.3) is 0 Å². The second-order valence-corrected chi connectivity index (χ2v) is 5.24. The fraction of sp³-hybridized carbons (Fsp3) is 0.750. The molecule has 1 aromatic heterocycles. The maximum Gasteiger partial charge on any atom is 0.498 e. The minimum atomic E-state index is -2.51. The molecule has 0 atom stereocenters. The lowest BCUT2D eigenvalue weighted by atomic mass is 9.82. The van der Waals surface area contributed by atoms with Gasteiger partial charge in [-0.1, -0.05) is 0 Å². The van der Waals surface area contributed by atoms with Gasteiger partial charge in [0.2, 0.25) is 0 Å². The first-order chi connectivity index (χ1) is 10.6. The fourth-order valence-electron chi connectivity index (χ4n) is 1.57. The largest absolute Gasteiger partial charge is 0.498 e. The maximum atomic E-state index is 8.21. The normalized spacial score (nSPS) is 40.2. The SMILES string of the molecule is [2H]c1nn(C2([2H])C([2H])([2H])C2([2H])[2H])c([2H])c1B1OC(C)(C)C(C)(C)O1. The summed E-state index contributed by atoms with van der Waals surface area (Å²) < 4.78 is 67.3. The molecule has 2 aliphatic rings. The van der Waals surface area contributed by atoms with E-state index < -0.39 is 43.3 Å². The summed E-state index contributed by atoms with van der Waals surface area (Å²) >= 11 is 0. The molecule has 0 aromatic carbocycles. The summed E-state index contributed by atoms with van der Waals surface area (Å²) in [6, 6.07) is -2.39. The zero-order chi connectivity index (χ0) is 18.5. The van der Waals surface area contributed by atoms with Crippen molar-refractivity contribution in [2.24, 2.45) is 0 Å². The second-order valence-electron chi connectivity index (χ2n) is 5.24. The first-order valence-corrected chi connectivity index (χ1v) is 5.54. The van der Waals surface area contributed by atoms with E-state index >= 15 is 0 Å². The molecule has 1 saturated heterocycles. The number of aromatic nitrogens is 2. The zero-order valence-corrected chi connectivity index (χ0v) is 10.3. The molecule has 1 aliphatic carbocycles. The Kier molecular flexibility index (Phi) is 1.16. The van der Waals surface area contributed by atoms with Gasteiger partial charge in [0.25, 0.3) is 0 Å². The Morgan fingerprint density at radius 3 is 2.59 bits per heavy atom. The summed E-state index contributed by atoms with van der Waals surface area (Å²) in [6.45, 7) is 7.26. The van der Waals surface area contributed by atoms with Crippen LogP contribution in [0.5, 0.6) is 0 Å². The van der Waals surface area contributed by atoms with E-state index in [0.29, 0.717) is 4.68 Å². The molecule has 2 fully saturated rings. The molecule has 0 bridgehead atoms. The van der Waals surface area contributed by atoms with Crippen molar-refractivity contribution in [3.8, 4) is 0 Å². The molecule has 2 heterocycles. The average Bonchev–Trinajstić information content (AvgIpc) is 2.68. The van der Waals surface area contributed by atoms with Gasteiger partial charge in [0.05, 0.1) is 21.3 Å². The Hall–Kier alpha value is -0.805. The Balaban J connectivity index is 2.05. The number of hydrogen-bond donors (Lipinski definition) is 0. The number of nitrogens with zero attached hydrogens (tertiary/aromatic N) is 2. The van der Waals surface area contributed by atoms with Gasteiger partial charge in [0.1, 0.15) is 0 Å². The van der Waals surface area contributed by atoms with Crippen molar-refractivity contribution in [3.05, 3.63) is 12.3 Å². The summed E-state index contributed by atoms with van der Waals surface area (Å²) in [5.74, 6) is 0. The predicted molar refractivity (Wildman–Crippen MR) is 66.2 cm³/mol. The van der Waals surface area contributed by atoms with Crippen LogP contribution in [0.15, 0.2) is 12.3 Å². The van der Waals surface area contributed by atoms with E-state index in [-0.39, 0.29) is 11.6 Å². The predicted octanol–water partition coefficient (Wildman–Crippen LogP) is 1.52. The molecule has 1 aliphatic heterocycles. The van der Waals surface area contributed by atoms with Gasteiger partial charge in [-0.05, 0) is 40.4 Å². The van der Waals surface area contributed by atoms with Crippen LogP contribution in [0.4, 0.5) is 0 Å². The van der Waals surface area contributed by atoms with Gasteiger partial charge in [-0.2, -0.15) is 5.10 Å². The Morgan fingerprint density at radius 1 is 1.47 bits per heavy atom. The third kappa shape index (κ3) is 1.81. The molecule has 1 aromatic rings. The molecule has 3 rings (SSSR count). The first-order valence-electron chi connectivity index (χ1n) is 9.04. The van der Waals surface area contributed by atoms with E-state index in [4.69, 9.17) is 18.9 Å². The van der Waals surface area contributed by atoms with Crippen LogP contribution in [0, 0.1) is 0 Å². The van der Waals surface area contributed by atoms with Gasteiger partial charge in [-0.3, -0.25) is 4.68 Å². The molecule has 0 unspecified atom stereocenters. The quantitative estimate of drug-likeness (QED) is 0.736. The summed E-state index contributed by atoms with van der Waals surface area (Å²) in [7, 11) is -1.05. The van der Waals surface area contributed by atoms with Crippen molar-refractivity contribution in [2.75, 3.05) is 0 Å². The lowest BCUT2D eigenvalue weighted by Gasteiger charge is -2.32. The molecular weight excluding hydrogens is 215 g/mol. The highest BCUT2D eigenvalue weighted by Gasteiger charge is 2.52. The van der Waals surface area contributed by atoms with Crippen molar-refractivity contribution in [3.63, 3.8) is 0 Å². The fourth-order valence-corrected chi connectivity index (χ4v) is 1.57. The van der Waals surface area contributed by atoms with Crippen LogP contribution in [-0.2, 0) is 9.31 Å². The monoisotopic (exact) mass is 241 g/mol. The third-order valence-corrected chi connectivity index (χ3v) is 3.43. The molecule has 92 valence electrons. The molecule has 5 heteroatoms. The third-order valence-electron chi connectivity index (χ3n) is 3.43. The second kappa shape index (κ2) is 3.36. The lowest BCUT2D eigenvalue weighted by molar-refractivity contribution is 0.00578. The molecule has 1 saturated carbocycles. The van der Waals surface area contributed by atoms with Gasteiger partial charge in [0.15, 0.2) is 0 Å². The van der Waals surface area contributed by atoms with Crippen molar-refractivity contribution in [2.45, 2.75) is 57.7 Å². The van der Waals surface area contributed by atoms with E-state index in [1.807, 2.05) is 27.7 Å². The lowest BCUT2D eigenvalue weighted by Crippen LogP contribution is -2.41. The molecule has 0 amide bonds. The molecule has 17 heavy (non-hydrogen) atoms. The smallest absolute Gasteiger partial charge is 0.399 e. The number of hydrogen-bond acceptors (Lipinski definition) is 3. The van der Waals surface area contributed by atoms with Crippen molar-refractivity contribution in [1.82, 2.24) is 9.78 Å². The summed E-state index contributed by atoms with van der Waals surface area (Å²) in [5.41, 5.74) is -1.42. The van der Waals surface area contributed by atoms with Gasteiger partial charge < -0.3 is 9.31 Å². The molecule has 4 nitrogen and oxygen atoms in total. The molecular formula is C12H19BN2O2. The molecule has 0 radical (unpaired) electrons. The van der Waals surface area contributed by atoms with E-state index in [2.05, 4.69) is 5.10 Å². The zero-order valence-electron chi connectivity index (χ0n) is 17.3. The number of rotatable bonds is 2. The minimum Gasteiger partial charge on any atom is -0.399 e. The van der Waals surface area contributed by atoms with Gasteiger partial charge in [-0.15, -0.1) is 0 Å². The topological polar surface area (TPSA) is 36.3 Å². The maximum absolute atomic E-state index is 8.21. The van der Waals surface area contributed by atoms with Crippen LogP contribution in [0.1, 0.15) is 56.1 Å². The highest BCUT2D eigenvalue weighted by molar-refractivity contribution is 6.61. The summed E-state index contributed by atoms with van der Waals surface area (Å²) in [6.07, 6.45) is -5.86. The summed E-state index contributed by atoms with van der Waals surface area (Å²) in [4.78, 5) is 0. The van der Waals surface area contributed by atoms with Crippen LogP contribution >= 0.6 is 0 Å². The van der Waals surface area contributed by atoms with E-state index in [0.717, 1.165) is 0 Å². The van der Waals surface area contributed by atoms with Gasteiger partial charge in [-0.25, -0.2) is 0 Å². The first kappa shape index (κ1) is 5.89. The van der Waals surface area contributed by atoms with Crippen molar-refractivity contribution in [1.29, 1.82) is 0 Å². The van der Waals surface area contributed by atoms with Crippen LogP contribution in [0.3, 0.4) is 0 Å². The van der Waals surface area contributed by atoms with E-state index in [1.54, 1.807) is 0 Å².